The van der Waals surface area contributed by atoms with Crippen LogP contribution in [0.5, 0.6) is 5.75 Å². The maximum absolute atomic E-state index is 12.7. The van der Waals surface area contributed by atoms with E-state index in [2.05, 4.69) is 56.0 Å². The number of imide groups is 1. The first-order valence-corrected chi connectivity index (χ1v) is 10.7. The Morgan fingerprint density at radius 2 is 1.74 bits per heavy atom. The molecule has 7 heteroatoms. The summed E-state index contributed by atoms with van der Waals surface area (Å²) < 4.78 is 7.49. The van der Waals surface area contributed by atoms with Gasteiger partial charge in [-0.25, -0.2) is 0 Å². The van der Waals surface area contributed by atoms with Gasteiger partial charge in [-0.15, -0.1) is 0 Å². The molecule has 27 heavy (non-hydrogen) atoms. The molecule has 5 unspecified atom stereocenters. The number of carbonyl (C=O) groups excluding carboxylic acids is 2. The number of halogens is 2. The van der Waals surface area contributed by atoms with Crippen LogP contribution in [0.25, 0.3) is 0 Å². The van der Waals surface area contributed by atoms with E-state index in [0.29, 0.717) is 0 Å². The number of carbonyl (C=O) groups is 2. The van der Waals surface area contributed by atoms with Crippen LogP contribution >= 0.6 is 31.9 Å². The first kappa shape index (κ1) is 18.9. The lowest BCUT2D eigenvalue weighted by Gasteiger charge is -2.16. The van der Waals surface area contributed by atoms with Gasteiger partial charge in [-0.2, -0.15) is 10.1 Å². The summed E-state index contributed by atoms with van der Waals surface area (Å²) in [6.07, 6.45) is 7.63. The lowest BCUT2D eigenvalue weighted by molar-refractivity contribution is -0.140. The van der Waals surface area contributed by atoms with Gasteiger partial charge in [-0.1, -0.05) is 19.1 Å². The fourth-order valence-electron chi connectivity index (χ4n) is 4.18. The highest BCUT2D eigenvalue weighted by Crippen LogP contribution is 2.52. The zero-order valence-corrected chi connectivity index (χ0v) is 18.2. The van der Waals surface area contributed by atoms with Crippen molar-refractivity contribution in [1.29, 1.82) is 0 Å². The highest BCUT2D eigenvalue weighted by atomic mass is 79.9. The highest BCUT2D eigenvalue weighted by Gasteiger charge is 2.59. The molecule has 1 heterocycles. The number of hydrazone groups is 1. The second-order valence-corrected chi connectivity index (χ2v) is 9.09. The van der Waals surface area contributed by atoms with Crippen molar-refractivity contribution in [3.05, 3.63) is 38.8 Å². The van der Waals surface area contributed by atoms with E-state index < -0.39 is 0 Å². The molecule has 0 radical (unpaired) electrons. The minimum atomic E-state index is -0.227. The average Bonchev–Trinajstić information content (AvgIpc) is 3.31. The maximum Gasteiger partial charge on any atom is 0.254 e. The van der Waals surface area contributed by atoms with E-state index in [1.54, 1.807) is 6.21 Å². The molecule has 0 spiro atoms. The minimum absolute atomic E-state index is 0.0975. The molecular weight excluding hydrogens is 476 g/mol. The molecule has 5 nitrogen and oxygen atoms in total. The predicted molar refractivity (Wildman–Crippen MR) is 109 cm³/mol. The first-order valence-electron chi connectivity index (χ1n) is 9.16. The van der Waals surface area contributed by atoms with Gasteiger partial charge in [0.05, 0.1) is 33.1 Å². The highest BCUT2D eigenvalue weighted by molar-refractivity contribution is 9.11. The zero-order valence-electron chi connectivity index (χ0n) is 15.1. The smallest absolute Gasteiger partial charge is 0.254 e. The van der Waals surface area contributed by atoms with Crippen molar-refractivity contribution in [3.8, 4) is 5.75 Å². The minimum Gasteiger partial charge on any atom is -0.488 e. The fraction of sp³-hybridized carbons (Fsp3) is 0.450. The predicted octanol–water partition coefficient (Wildman–Crippen LogP) is 4.53. The number of rotatable bonds is 5. The Kier molecular flexibility index (Phi) is 5.01. The quantitative estimate of drug-likeness (QED) is 0.342. The summed E-state index contributed by atoms with van der Waals surface area (Å²) in [5.41, 5.74) is 0.768. The molecule has 2 bridgehead atoms. The van der Waals surface area contributed by atoms with E-state index in [0.717, 1.165) is 38.1 Å². The molecule has 1 aromatic rings. The van der Waals surface area contributed by atoms with Gasteiger partial charge >= 0.3 is 0 Å². The average molecular weight is 496 g/mol. The van der Waals surface area contributed by atoms with Gasteiger partial charge in [0.2, 0.25) is 0 Å². The summed E-state index contributed by atoms with van der Waals surface area (Å²) in [4.78, 5) is 25.3. The van der Waals surface area contributed by atoms with Crippen molar-refractivity contribution < 1.29 is 14.3 Å². The van der Waals surface area contributed by atoms with E-state index in [4.69, 9.17) is 4.74 Å². The van der Waals surface area contributed by atoms with Crippen molar-refractivity contribution >= 4 is 49.9 Å². The van der Waals surface area contributed by atoms with Crippen molar-refractivity contribution in [3.63, 3.8) is 0 Å². The molecule has 3 aliphatic rings. The Labute approximate surface area is 175 Å². The third-order valence-electron chi connectivity index (χ3n) is 5.68. The van der Waals surface area contributed by atoms with Gasteiger partial charge < -0.3 is 4.74 Å². The van der Waals surface area contributed by atoms with Crippen LogP contribution in [0.3, 0.4) is 0 Å². The Bertz CT molecular complexity index is 814. The number of fused-ring (bicyclic) bond motifs is 5. The Balaban J connectivity index is 1.54. The first-order chi connectivity index (χ1) is 12.9. The molecule has 142 valence electrons. The number of allylic oxidation sites excluding steroid dienone is 2. The van der Waals surface area contributed by atoms with E-state index in [1.807, 2.05) is 19.1 Å². The van der Waals surface area contributed by atoms with Crippen LogP contribution in [0, 0.1) is 23.7 Å². The molecule has 1 saturated carbocycles. The Morgan fingerprint density at radius 3 is 2.26 bits per heavy atom. The Hall–Kier alpha value is -1.47. The van der Waals surface area contributed by atoms with Crippen molar-refractivity contribution in [2.75, 3.05) is 0 Å². The summed E-state index contributed by atoms with van der Waals surface area (Å²) in [7, 11) is 0. The second kappa shape index (κ2) is 7.17. The molecular formula is C20H20Br2N2O3. The third kappa shape index (κ3) is 3.18. The van der Waals surface area contributed by atoms with Crippen LogP contribution in [0.15, 0.2) is 38.3 Å². The van der Waals surface area contributed by atoms with Gasteiger partial charge in [-0.05, 0) is 81.2 Å². The van der Waals surface area contributed by atoms with Gasteiger partial charge in [0.1, 0.15) is 5.75 Å². The monoisotopic (exact) mass is 494 g/mol. The summed E-state index contributed by atoms with van der Waals surface area (Å²) in [5, 5.41) is 5.29. The van der Waals surface area contributed by atoms with Crippen LogP contribution in [-0.2, 0) is 9.59 Å². The van der Waals surface area contributed by atoms with E-state index >= 15 is 0 Å². The molecule has 5 atom stereocenters. The number of ether oxygens (including phenoxy) is 1. The fourth-order valence-corrected chi connectivity index (χ4v) is 5.58. The molecule has 2 aliphatic carbocycles. The summed E-state index contributed by atoms with van der Waals surface area (Å²) in [5.74, 6) is 0.311. The molecule has 1 aliphatic heterocycles. The molecule has 2 fully saturated rings. The van der Waals surface area contributed by atoms with Crippen molar-refractivity contribution in [1.82, 2.24) is 5.01 Å². The number of benzene rings is 1. The van der Waals surface area contributed by atoms with Crippen LogP contribution < -0.4 is 4.74 Å². The van der Waals surface area contributed by atoms with Crippen molar-refractivity contribution in [2.45, 2.75) is 32.8 Å². The molecule has 0 N–H and O–H groups in total. The number of hydrogen-bond donors (Lipinski definition) is 0. The molecule has 1 saturated heterocycles. The topological polar surface area (TPSA) is 59.0 Å². The molecule has 0 aromatic heterocycles. The van der Waals surface area contributed by atoms with Crippen LogP contribution in [0.1, 0.15) is 32.3 Å². The van der Waals surface area contributed by atoms with Crippen LogP contribution in [0.4, 0.5) is 0 Å². The number of amides is 2. The summed E-state index contributed by atoms with van der Waals surface area (Å²) >= 11 is 7.05. The number of nitrogens with zero attached hydrogens (tertiary/aromatic N) is 2. The van der Waals surface area contributed by atoms with E-state index in [1.165, 1.54) is 0 Å². The lowest BCUT2D eigenvalue weighted by atomic mass is 9.85. The van der Waals surface area contributed by atoms with E-state index in [9.17, 15) is 9.59 Å². The summed E-state index contributed by atoms with van der Waals surface area (Å²) in [6.45, 7) is 4.08. The van der Waals surface area contributed by atoms with E-state index in [-0.39, 0.29) is 41.6 Å². The zero-order chi connectivity index (χ0) is 19.3. The SMILES string of the molecule is CCC(C)Oc1c(Br)cc(C=NN2C(=O)C3C4C=CC(C4)C3C2=O)cc1Br. The molecule has 1 aromatic carbocycles. The van der Waals surface area contributed by atoms with Crippen molar-refractivity contribution in [2.24, 2.45) is 28.8 Å². The largest absolute Gasteiger partial charge is 0.488 e. The number of hydrogen-bond acceptors (Lipinski definition) is 4. The third-order valence-corrected chi connectivity index (χ3v) is 6.86. The standard InChI is InChI=1S/C20H20Br2N2O3/c1-3-10(2)27-18-14(21)6-11(7-15(18)22)9-23-24-19(25)16-12-4-5-13(8-12)17(16)20(24)26/h4-7,9-10,12-13,16-17H,3,8H2,1-2H3. The van der Waals surface area contributed by atoms with Gasteiger partial charge in [0, 0.05) is 0 Å². The second-order valence-electron chi connectivity index (χ2n) is 7.38. The lowest BCUT2D eigenvalue weighted by Crippen LogP contribution is -2.28. The van der Waals surface area contributed by atoms with Gasteiger partial charge in [-0.3, -0.25) is 9.59 Å². The normalized spacial score (nSPS) is 29.9. The van der Waals surface area contributed by atoms with Crippen LogP contribution in [-0.4, -0.2) is 29.1 Å². The summed E-state index contributed by atoms with van der Waals surface area (Å²) in [6, 6.07) is 3.73. The van der Waals surface area contributed by atoms with Gasteiger partial charge in [0.15, 0.2) is 0 Å². The Morgan fingerprint density at radius 1 is 1.19 bits per heavy atom. The molecule has 4 rings (SSSR count). The molecule has 2 amide bonds. The van der Waals surface area contributed by atoms with Gasteiger partial charge in [0.25, 0.3) is 11.8 Å². The maximum atomic E-state index is 12.7. The van der Waals surface area contributed by atoms with Crippen LogP contribution in [0.2, 0.25) is 0 Å².